The van der Waals surface area contributed by atoms with Crippen molar-refractivity contribution in [2.45, 2.75) is 0 Å². The van der Waals surface area contributed by atoms with Crippen LogP contribution in [0.25, 0.3) is 0 Å². The topological polar surface area (TPSA) is 35.5 Å². The van der Waals surface area contributed by atoms with Crippen LogP contribution >= 0.6 is 22.9 Å². The standard InChI is InChI=1S/C8H9ClO3S/c1-11-8(10)6-2-3-7(13-6)12-5-4-9/h2-3H,4-5H2,1H3. The fourth-order valence-electron chi connectivity index (χ4n) is 0.747. The average molecular weight is 221 g/mol. The molecule has 0 unspecified atom stereocenters. The molecule has 0 amide bonds. The van der Waals surface area contributed by atoms with Crippen molar-refractivity contribution in [3.05, 3.63) is 17.0 Å². The van der Waals surface area contributed by atoms with Gasteiger partial charge in [-0.2, -0.15) is 0 Å². The first-order chi connectivity index (χ1) is 6.27. The van der Waals surface area contributed by atoms with Crippen molar-refractivity contribution in [2.75, 3.05) is 19.6 Å². The molecule has 72 valence electrons. The lowest BCUT2D eigenvalue weighted by atomic mass is 10.5. The largest absolute Gasteiger partial charge is 0.483 e. The molecule has 0 aliphatic rings. The number of carbonyl (C=O) groups excluding carboxylic acids is 1. The van der Waals surface area contributed by atoms with Gasteiger partial charge in [0, 0.05) is 0 Å². The Morgan fingerprint density at radius 2 is 2.38 bits per heavy atom. The summed E-state index contributed by atoms with van der Waals surface area (Å²) in [6.45, 7) is 0.447. The Morgan fingerprint density at radius 3 is 3.00 bits per heavy atom. The van der Waals surface area contributed by atoms with Gasteiger partial charge < -0.3 is 9.47 Å². The van der Waals surface area contributed by atoms with E-state index in [4.69, 9.17) is 16.3 Å². The summed E-state index contributed by atoms with van der Waals surface area (Å²) in [5.41, 5.74) is 0. The number of methoxy groups -OCH3 is 1. The highest BCUT2D eigenvalue weighted by atomic mass is 35.5. The van der Waals surface area contributed by atoms with Crippen LogP contribution in [0.4, 0.5) is 0 Å². The Morgan fingerprint density at radius 1 is 1.62 bits per heavy atom. The predicted octanol–water partition coefficient (Wildman–Crippen LogP) is 2.15. The molecule has 5 heteroatoms. The first kappa shape index (κ1) is 10.3. The second kappa shape index (κ2) is 5.09. The van der Waals surface area contributed by atoms with Gasteiger partial charge in [0.2, 0.25) is 0 Å². The number of thiophene rings is 1. The van der Waals surface area contributed by atoms with Gasteiger partial charge in [-0.15, -0.1) is 11.6 Å². The number of hydrogen-bond donors (Lipinski definition) is 0. The molecule has 3 nitrogen and oxygen atoms in total. The van der Waals surface area contributed by atoms with Crippen molar-refractivity contribution in [1.29, 1.82) is 0 Å². The Labute approximate surface area is 85.2 Å². The van der Waals surface area contributed by atoms with Gasteiger partial charge in [0.05, 0.1) is 13.0 Å². The third kappa shape index (κ3) is 2.90. The fourth-order valence-corrected chi connectivity index (χ4v) is 1.62. The Kier molecular flexibility index (Phi) is 4.05. The minimum absolute atomic E-state index is 0.342. The molecule has 1 aromatic heterocycles. The van der Waals surface area contributed by atoms with E-state index in [-0.39, 0.29) is 5.97 Å². The number of carbonyl (C=O) groups is 1. The van der Waals surface area contributed by atoms with E-state index in [2.05, 4.69) is 4.74 Å². The van der Waals surface area contributed by atoms with Gasteiger partial charge in [-0.25, -0.2) is 4.79 Å². The summed E-state index contributed by atoms with van der Waals surface area (Å²) >= 11 is 6.69. The first-order valence-electron chi connectivity index (χ1n) is 3.65. The SMILES string of the molecule is COC(=O)c1ccc(OCCCl)s1. The molecule has 0 fully saturated rings. The molecular weight excluding hydrogens is 212 g/mol. The predicted molar refractivity (Wildman–Crippen MR) is 51.9 cm³/mol. The van der Waals surface area contributed by atoms with Gasteiger partial charge in [0.1, 0.15) is 11.5 Å². The molecule has 1 aromatic rings. The minimum Gasteiger partial charge on any atom is -0.483 e. The quantitative estimate of drug-likeness (QED) is 0.576. The highest BCUT2D eigenvalue weighted by Crippen LogP contribution is 2.24. The highest BCUT2D eigenvalue weighted by Gasteiger charge is 2.08. The number of esters is 1. The maximum absolute atomic E-state index is 11.0. The summed E-state index contributed by atoms with van der Waals surface area (Å²) in [6, 6.07) is 3.39. The molecule has 0 spiro atoms. The van der Waals surface area contributed by atoms with E-state index in [1.165, 1.54) is 18.4 Å². The smallest absolute Gasteiger partial charge is 0.348 e. The molecule has 0 aliphatic carbocycles. The summed E-state index contributed by atoms with van der Waals surface area (Å²) in [5.74, 6) is 0.0940. The van der Waals surface area contributed by atoms with E-state index in [1.54, 1.807) is 12.1 Å². The molecule has 0 radical (unpaired) electrons. The molecule has 13 heavy (non-hydrogen) atoms. The van der Waals surface area contributed by atoms with Crippen molar-refractivity contribution in [3.63, 3.8) is 0 Å². The molecule has 1 heterocycles. The second-order valence-electron chi connectivity index (χ2n) is 2.15. The lowest BCUT2D eigenvalue weighted by Crippen LogP contribution is -1.97. The van der Waals surface area contributed by atoms with Gasteiger partial charge in [-0.3, -0.25) is 0 Å². The lowest BCUT2D eigenvalue weighted by Gasteiger charge is -1.97. The van der Waals surface area contributed by atoms with Crippen molar-refractivity contribution in [1.82, 2.24) is 0 Å². The van der Waals surface area contributed by atoms with Gasteiger partial charge in [0.25, 0.3) is 0 Å². The zero-order valence-electron chi connectivity index (χ0n) is 7.08. The molecule has 0 atom stereocenters. The van der Waals surface area contributed by atoms with E-state index in [0.29, 0.717) is 22.4 Å². The first-order valence-corrected chi connectivity index (χ1v) is 5.00. The van der Waals surface area contributed by atoms with Crippen LogP contribution in [0.5, 0.6) is 5.06 Å². The molecule has 0 aromatic carbocycles. The molecule has 0 saturated heterocycles. The van der Waals surface area contributed by atoms with Crippen molar-refractivity contribution in [2.24, 2.45) is 0 Å². The van der Waals surface area contributed by atoms with E-state index in [1.807, 2.05) is 0 Å². The van der Waals surface area contributed by atoms with Crippen LogP contribution in [0.2, 0.25) is 0 Å². The summed E-state index contributed by atoms with van der Waals surface area (Å²) < 4.78 is 9.75. The summed E-state index contributed by atoms with van der Waals surface area (Å²) in [4.78, 5) is 11.5. The van der Waals surface area contributed by atoms with Crippen LogP contribution in [-0.2, 0) is 4.74 Å². The van der Waals surface area contributed by atoms with Gasteiger partial charge >= 0.3 is 5.97 Å². The maximum Gasteiger partial charge on any atom is 0.348 e. The highest BCUT2D eigenvalue weighted by molar-refractivity contribution is 7.15. The van der Waals surface area contributed by atoms with Crippen LogP contribution in [0.3, 0.4) is 0 Å². The third-order valence-corrected chi connectivity index (χ3v) is 2.42. The van der Waals surface area contributed by atoms with Gasteiger partial charge in [0.15, 0.2) is 5.06 Å². The fraction of sp³-hybridized carbons (Fsp3) is 0.375. The number of alkyl halides is 1. The van der Waals surface area contributed by atoms with Crippen molar-refractivity contribution < 1.29 is 14.3 Å². The number of halogens is 1. The summed E-state index contributed by atoms with van der Waals surface area (Å²) in [5, 5.41) is 0.682. The van der Waals surface area contributed by atoms with E-state index >= 15 is 0 Å². The number of ether oxygens (including phenoxy) is 2. The monoisotopic (exact) mass is 220 g/mol. The van der Waals surface area contributed by atoms with Crippen LogP contribution in [0, 0.1) is 0 Å². The van der Waals surface area contributed by atoms with E-state index in [9.17, 15) is 4.79 Å². The maximum atomic E-state index is 11.0. The second-order valence-corrected chi connectivity index (χ2v) is 3.57. The molecule has 0 N–H and O–H groups in total. The van der Waals surface area contributed by atoms with E-state index < -0.39 is 0 Å². The van der Waals surface area contributed by atoms with E-state index in [0.717, 1.165) is 0 Å². The molecule has 1 rings (SSSR count). The van der Waals surface area contributed by atoms with Crippen molar-refractivity contribution in [3.8, 4) is 5.06 Å². The summed E-state index contributed by atoms with van der Waals surface area (Å²) in [6.07, 6.45) is 0. The van der Waals surface area contributed by atoms with Gasteiger partial charge in [-0.05, 0) is 12.1 Å². The van der Waals surface area contributed by atoms with Crippen LogP contribution in [0.15, 0.2) is 12.1 Å². The molecular formula is C8H9ClO3S. The Hall–Kier alpha value is -0.740. The normalized spacial score (nSPS) is 9.69. The van der Waals surface area contributed by atoms with Gasteiger partial charge in [-0.1, -0.05) is 11.3 Å². The minimum atomic E-state index is -0.342. The zero-order valence-corrected chi connectivity index (χ0v) is 8.65. The number of rotatable bonds is 4. The Balaban J connectivity index is 2.58. The van der Waals surface area contributed by atoms with Crippen LogP contribution < -0.4 is 4.74 Å². The van der Waals surface area contributed by atoms with Crippen LogP contribution in [-0.4, -0.2) is 25.6 Å². The zero-order chi connectivity index (χ0) is 9.68. The van der Waals surface area contributed by atoms with Crippen molar-refractivity contribution >= 4 is 28.9 Å². The number of hydrogen-bond acceptors (Lipinski definition) is 4. The average Bonchev–Trinajstić information content (AvgIpc) is 2.62. The molecule has 0 aliphatic heterocycles. The Bertz CT molecular complexity index is 285. The molecule has 0 bridgehead atoms. The lowest BCUT2D eigenvalue weighted by molar-refractivity contribution is 0.0606. The third-order valence-electron chi connectivity index (χ3n) is 1.29. The molecule has 0 saturated carbocycles. The van der Waals surface area contributed by atoms with Crippen LogP contribution in [0.1, 0.15) is 9.67 Å². The summed E-state index contributed by atoms with van der Waals surface area (Å²) in [7, 11) is 1.35.